The van der Waals surface area contributed by atoms with E-state index < -0.39 is 18.3 Å². The van der Waals surface area contributed by atoms with Gasteiger partial charge in [0.2, 0.25) is 5.56 Å². The van der Waals surface area contributed by atoms with Crippen LogP contribution in [0.15, 0.2) is 47.4 Å². The number of methoxy groups -OCH3 is 1. The highest BCUT2D eigenvalue weighted by Gasteiger charge is 2.31. The van der Waals surface area contributed by atoms with Gasteiger partial charge in [-0.05, 0) is 37.0 Å². The van der Waals surface area contributed by atoms with E-state index in [2.05, 4.69) is 4.98 Å². The number of benzene rings is 1. The van der Waals surface area contributed by atoms with E-state index in [9.17, 15) is 19.8 Å². The molecule has 1 aliphatic rings. The molecule has 0 radical (unpaired) electrons. The Morgan fingerprint density at radius 3 is 2.73 bits per heavy atom. The lowest BCUT2D eigenvalue weighted by atomic mass is 10.1. The normalized spacial score (nSPS) is 23.3. The van der Waals surface area contributed by atoms with Crippen molar-refractivity contribution >= 4 is 5.91 Å². The Morgan fingerprint density at radius 2 is 2.00 bits per heavy atom. The lowest BCUT2D eigenvalue weighted by molar-refractivity contribution is -0.0925. The predicted molar refractivity (Wildman–Crippen MR) is 111 cm³/mol. The van der Waals surface area contributed by atoms with Gasteiger partial charge in [0.05, 0.1) is 5.56 Å². The van der Waals surface area contributed by atoms with E-state index in [1.165, 1.54) is 25.4 Å². The maximum Gasteiger partial charge on any atom is 0.255 e. The van der Waals surface area contributed by atoms with Gasteiger partial charge in [-0.3, -0.25) is 9.59 Å². The number of hydrogen-bond acceptors (Lipinski definition) is 6. The number of hydrogen-bond donors (Lipinski definition) is 3. The zero-order valence-corrected chi connectivity index (χ0v) is 17.0. The van der Waals surface area contributed by atoms with E-state index in [4.69, 9.17) is 9.47 Å². The minimum atomic E-state index is -1.24. The minimum absolute atomic E-state index is 0.0914. The molecule has 0 bridgehead atoms. The summed E-state index contributed by atoms with van der Waals surface area (Å²) in [5.41, 5.74) is 1.07. The standard InChI is InChI=1S/C22H28N2O6/c1-29-19-13-24(22(28)16-9-10-20(26)23-12-16)11-5-4-7-15-6-2-3-8-18(15)30-14-17(25)21(19)27/h2-3,6,8-10,12,17,19,21,25,27H,4-5,7,11,13-14H2,1H3,(H,23,26)/t17-,19+,21-/m1/s1. The van der Waals surface area contributed by atoms with Gasteiger partial charge in [0.15, 0.2) is 0 Å². The number of aliphatic hydroxyl groups excluding tert-OH is 2. The van der Waals surface area contributed by atoms with Crippen molar-refractivity contribution in [3.8, 4) is 5.75 Å². The Balaban J connectivity index is 1.84. The Bertz CT molecular complexity index is 879. The van der Waals surface area contributed by atoms with Gasteiger partial charge >= 0.3 is 0 Å². The fourth-order valence-corrected chi connectivity index (χ4v) is 3.53. The first kappa shape index (κ1) is 22.0. The van der Waals surface area contributed by atoms with Gasteiger partial charge in [-0.1, -0.05) is 18.2 Å². The molecule has 3 N–H and O–H groups in total. The third kappa shape index (κ3) is 5.47. The van der Waals surface area contributed by atoms with Crippen LogP contribution in [0.25, 0.3) is 0 Å². The molecule has 8 heteroatoms. The molecule has 0 aliphatic carbocycles. The van der Waals surface area contributed by atoms with E-state index in [0.717, 1.165) is 24.8 Å². The van der Waals surface area contributed by atoms with Gasteiger partial charge in [-0.2, -0.15) is 0 Å². The number of rotatable bonds is 2. The highest BCUT2D eigenvalue weighted by Crippen LogP contribution is 2.22. The summed E-state index contributed by atoms with van der Waals surface area (Å²) in [6.07, 6.45) is 0.484. The van der Waals surface area contributed by atoms with Crippen molar-refractivity contribution in [3.63, 3.8) is 0 Å². The van der Waals surface area contributed by atoms with Crippen LogP contribution in [0.2, 0.25) is 0 Å². The van der Waals surface area contributed by atoms with Gasteiger partial charge in [-0.25, -0.2) is 0 Å². The molecular weight excluding hydrogens is 388 g/mol. The van der Waals surface area contributed by atoms with Crippen LogP contribution in [0.3, 0.4) is 0 Å². The number of carbonyl (C=O) groups excluding carboxylic acids is 1. The third-order valence-electron chi connectivity index (χ3n) is 5.30. The Hall–Kier alpha value is -2.68. The van der Waals surface area contributed by atoms with Crippen LogP contribution in [-0.2, 0) is 11.2 Å². The summed E-state index contributed by atoms with van der Waals surface area (Å²) in [6, 6.07) is 10.4. The number of aromatic amines is 1. The molecule has 3 rings (SSSR count). The molecule has 2 heterocycles. The molecule has 162 valence electrons. The van der Waals surface area contributed by atoms with Crippen LogP contribution in [0, 0.1) is 0 Å². The second-order valence-corrected chi connectivity index (χ2v) is 7.40. The van der Waals surface area contributed by atoms with Crippen molar-refractivity contribution in [3.05, 3.63) is 64.1 Å². The molecular formula is C22H28N2O6. The number of amides is 1. The summed E-state index contributed by atoms with van der Waals surface area (Å²) >= 11 is 0. The number of para-hydroxylation sites is 1. The van der Waals surface area contributed by atoms with E-state index in [1.807, 2.05) is 24.3 Å². The maximum atomic E-state index is 13.0. The smallest absolute Gasteiger partial charge is 0.255 e. The highest BCUT2D eigenvalue weighted by molar-refractivity contribution is 5.93. The van der Waals surface area contributed by atoms with Crippen molar-refractivity contribution in [1.82, 2.24) is 9.88 Å². The fourth-order valence-electron chi connectivity index (χ4n) is 3.53. The van der Waals surface area contributed by atoms with Crippen molar-refractivity contribution in [2.75, 3.05) is 26.8 Å². The first-order valence-corrected chi connectivity index (χ1v) is 10.1. The number of H-pyrrole nitrogens is 1. The van der Waals surface area contributed by atoms with Crippen molar-refractivity contribution in [2.45, 2.75) is 37.6 Å². The number of ether oxygens (including phenoxy) is 2. The summed E-state index contributed by atoms with van der Waals surface area (Å²) in [5, 5.41) is 21.0. The molecule has 0 fully saturated rings. The van der Waals surface area contributed by atoms with Crippen molar-refractivity contribution < 1.29 is 24.5 Å². The lowest BCUT2D eigenvalue weighted by Gasteiger charge is -2.31. The quantitative estimate of drug-likeness (QED) is 0.673. The number of aromatic nitrogens is 1. The first-order valence-electron chi connectivity index (χ1n) is 10.1. The van der Waals surface area contributed by atoms with E-state index in [1.54, 1.807) is 4.90 Å². The van der Waals surface area contributed by atoms with Gasteiger partial charge < -0.3 is 29.6 Å². The summed E-state index contributed by atoms with van der Waals surface area (Å²) in [6.45, 7) is 0.454. The van der Waals surface area contributed by atoms with Crippen LogP contribution in [-0.4, -0.2) is 71.1 Å². The fraction of sp³-hybridized carbons (Fsp3) is 0.455. The van der Waals surface area contributed by atoms with Gasteiger partial charge in [0.1, 0.15) is 30.7 Å². The molecule has 1 amide bonds. The summed E-state index contributed by atoms with van der Waals surface area (Å²) in [5.74, 6) is 0.402. The summed E-state index contributed by atoms with van der Waals surface area (Å²) in [7, 11) is 1.43. The largest absolute Gasteiger partial charge is 0.491 e. The van der Waals surface area contributed by atoms with Crippen molar-refractivity contribution in [2.24, 2.45) is 0 Å². The van der Waals surface area contributed by atoms with Gasteiger partial charge in [0, 0.05) is 32.5 Å². The highest BCUT2D eigenvalue weighted by atomic mass is 16.5. The van der Waals surface area contributed by atoms with Crippen LogP contribution in [0.4, 0.5) is 0 Å². The summed E-state index contributed by atoms with van der Waals surface area (Å²) in [4.78, 5) is 28.4. The second kappa shape index (κ2) is 10.4. The monoisotopic (exact) mass is 416 g/mol. The second-order valence-electron chi connectivity index (χ2n) is 7.40. The summed E-state index contributed by atoms with van der Waals surface area (Å²) < 4.78 is 11.1. The van der Waals surface area contributed by atoms with E-state index in [-0.39, 0.29) is 24.6 Å². The molecule has 3 atom stereocenters. The molecule has 0 saturated carbocycles. The van der Waals surface area contributed by atoms with Crippen molar-refractivity contribution in [1.29, 1.82) is 0 Å². The third-order valence-corrected chi connectivity index (χ3v) is 5.30. The molecule has 0 spiro atoms. The Morgan fingerprint density at radius 1 is 1.20 bits per heavy atom. The predicted octanol–water partition coefficient (Wildman–Crippen LogP) is 0.969. The number of nitrogens with zero attached hydrogens (tertiary/aromatic N) is 1. The van der Waals surface area contributed by atoms with Crippen LogP contribution >= 0.6 is 0 Å². The van der Waals surface area contributed by atoms with Crippen LogP contribution in [0.1, 0.15) is 28.8 Å². The number of aryl methyl sites for hydroxylation is 1. The lowest BCUT2D eigenvalue weighted by Crippen LogP contribution is -2.49. The number of aliphatic hydroxyl groups is 2. The number of carbonyl (C=O) groups is 1. The van der Waals surface area contributed by atoms with Crippen LogP contribution < -0.4 is 10.3 Å². The molecule has 1 aromatic heterocycles. The van der Waals surface area contributed by atoms with E-state index in [0.29, 0.717) is 17.9 Å². The Labute approximate surface area is 175 Å². The zero-order valence-electron chi connectivity index (χ0n) is 17.0. The molecule has 30 heavy (non-hydrogen) atoms. The molecule has 0 saturated heterocycles. The Kier molecular flexibility index (Phi) is 7.62. The van der Waals surface area contributed by atoms with Gasteiger partial charge in [0.25, 0.3) is 5.91 Å². The van der Waals surface area contributed by atoms with Crippen LogP contribution in [0.5, 0.6) is 5.75 Å². The minimum Gasteiger partial charge on any atom is -0.491 e. The molecule has 0 unspecified atom stereocenters. The molecule has 2 aromatic rings. The number of pyridine rings is 1. The zero-order chi connectivity index (χ0) is 21.5. The molecule has 1 aliphatic heterocycles. The average Bonchev–Trinajstić information content (AvgIpc) is 2.77. The van der Waals surface area contributed by atoms with Gasteiger partial charge in [-0.15, -0.1) is 0 Å². The SMILES string of the molecule is CO[C@H]1CN(C(=O)c2ccc(=O)[nH]c2)CCCCc2ccccc2OC[C@@H](O)[C@H]1O. The average molecular weight is 416 g/mol. The molecule has 8 nitrogen and oxygen atoms in total. The molecule has 1 aromatic carbocycles. The topological polar surface area (TPSA) is 112 Å². The maximum absolute atomic E-state index is 13.0. The first-order chi connectivity index (χ1) is 14.5. The van der Waals surface area contributed by atoms with E-state index >= 15 is 0 Å². The number of nitrogens with one attached hydrogen (secondary N) is 1. The number of fused-ring (bicyclic) bond motifs is 1.